The molecule has 2 aromatic rings. The minimum Gasteiger partial charge on any atom is -0.467 e. The zero-order valence-electron chi connectivity index (χ0n) is 13.2. The Labute approximate surface area is 139 Å². The number of amides is 2. The highest BCUT2D eigenvalue weighted by atomic mass is 19.1. The summed E-state index contributed by atoms with van der Waals surface area (Å²) in [4.78, 5) is 25.9. The second-order valence-corrected chi connectivity index (χ2v) is 5.91. The molecule has 126 valence electrons. The molecule has 1 unspecified atom stereocenters. The van der Waals surface area contributed by atoms with Gasteiger partial charge in [-0.25, -0.2) is 4.39 Å². The highest BCUT2D eigenvalue weighted by molar-refractivity contribution is 5.89. The highest BCUT2D eigenvalue weighted by Crippen LogP contribution is 2.19. The Balaban J connectivity index is 1.47. The van der Waals surface area contributed by atoms with Gasteiger partial charge in [-0.2, -0.15) is 0 Å². The first kappa shape index (κ1) is 16.2. The fourth-order valence-electron chi connectivity index (χ4n) is 2.81. The Kier molecular flexibility index (Phi) is 4.93. The van der Waals surface area contributed by atoms with Crippen LogP contribution in [-0.2, 0) is 22.6 Å². The maximum Gasteiger partial charge on any atom is 0.225 e. The van der Waals surface area contributed by atoms with Gasteiger partial charge in [0.25, 0.3) is 0 Å². The Hall–Kier alpha value is -2.63. The largest absolute Gasteiger partial charge is 0.467 e. The number of benzene rings is 1. The molecule has 1 aliphatic rings. The predicted molar refractivity (Wildman–Crippen MR) is 85.3 cm³/mol. The van der Waals surface area contributed by atoms with Crippen molar-refractivity contribution in [3.8, 4) is 0 Å². The molecular weight excluding hydrogens is 311 g/mol. The molecule has 6 heteroatoms. The van der Waals surface area contributed by atoms with Gasteiger partial charge in [-0.15, -0.1) is 0 Å². The van der Waals surface area contributed by atoms with Gasteiger partial charge in [0.05, 0.1) is 18.7 Å². The third-order valence-corrected chi connectivity index (χ3v) is 4.19. The number of carbonyl (C=O) groups excluding carboxylic acids is 2. The molecule has 1 saturated heterocycles. The first-order valence-electron chi connectivity index (χ1n) is 7.94. The van der Waals surface area contributed by atoms with Crippen molar-refractivity contribution < 1.29 is 18.4 Å². The standard InChI is InChI=1S/C18H19FN2O3/c19-15-5-3-13(4-6-15)7-8-21-12-14(10-17(21)22)18(23)20-11-16-2-1-9-24-16/h1-6,9,14H,7-8,10-12H2,(H,20,23). The molecule has 3 rings (SSSR count). The number of rotatable bonds is 6. The Morgan fingerprint density at radius 1 is 1.29 bits per heavy atom. The smallest absolute Gasteiger partial charge is 0.225 e. The average molecular weight is 330 g/mol. The molecule has 1 N–H and O–H groups in total. The van der Waals surface area contributed by atoms with Crippen LogP contribution >= 0.6 is 0 Å². The van der Waals surface area contributed by atoms with E-state index in [0.717, 1.165) is 5.56 Å². The number of nitrogens with zero attached hydrogens (tertiary/aromatic N) is 1. The van der Waals surface area contributed by atoms with E-state index in [2.05, 4.69) is 5.32 Å². The van der Waals surface area contributed by atoms with Gasteiger partial charge in [0.15, 0.2) is 0 Å². The van der Waals surface area contributed by atoms with Gasteiger partial charge in [-0.1, -0.05) is 12.1 Å². The minimum absolute atomic E-state index is 0.0183. The third-order valence-electron chi connectivity index (χ3n) is 4.19. The predicted octanol–water partition coefficient (Wildman–Crippen LogP) is 2.13. The van der Waals surface area contributed by atoms with E-state index in [1.54, 1.807) is 35.4 Å². The molecule has 0 saturated carbocycles. The van der Waals surface area contributed by atoms with Crippen LogP contribution in [0, 0.1) is 11.7 Å². The molecule has 0 bridgehead atoms. The van der Waals surface area contributed by atoms with E-state index in [1.807, 2.05) is 0 Å². The topological polar surface area (TPSA) is 62.6 Å². The quantitative estimate of drug-likeness (QED) is 0.882. The number of furan rings is 1. The fraction of sp³-hybridized carbons (Fsp3) is 0.333. The van der Waals surface area contributed by atoms with Crippen molar-refractivity contribution in [3.05, 3.63) is 59.8 Å². The maximum absolute atomic E-state index is 12.9. The van der Waals surface area contributed by atoms with Crippen LogP contribution < -0.4 is 5.32 Å². The van der Waals surface area contributed by atoms with Crippen molar-refractivity contribution >= 4 is 11.8 Å². The third kappa shape index (κ3) is 4.01. The Morgan fingerprint density at radius 2 is 2.08 bits per heavy atom. The summed E-state index contributed by atoms with van der Waals surface area (Å²) >= 11 is 0. The molecule has 0 radical (unpaired) electrons. The van der Waals surface area contributed by atoms with Crippen molar-refractivity contribution in [1.82, 2.24) is 10.2 Å². The summed E-state index contributed by atoms with van der Waals surface area (Å²) < 4.78 is 18.1. The molecule has 2 amide bonds. The van der Waals surface area contributed by atoms with Crippen molar-refractivity contribution in [2.24, 2.45) is 5.92 Å². The van der Waals surface area contributed by atoms with Gasteiger partial charge in [0, 0.05) is 19.5 Å². The van der Waals surface area contributed by atoms with E-state index in [4.69, 9.17) is 4.42 Å². The second-order valence-electron chi connectivity index (χ2n) is 5.91. The molecule has 1 fully saturated rings. The molecule has 1 aromatic heterocycles. The zero-order chi connectivity index (χ0) is 16.9. The molecule has 1 aromatic carbocycles. The van der Waals surface area contributed by atoms with E-state index >= 15 is 0 Å². The van der Waals surface area contributed by atoms with Gasteiger partial charge in [0.1, 0.15) is 11.6 Å². The lowest BCUT2D eigenvalue weighted by Gasteiger charge is -2.16. The first-order valence-corrected chi connectivity index (χ1v) is 7.94. The molecule has 0 spiro atoms. The zero-order valence-corrected chi connectivity index (χ0v) is 13.2. The summed E-state index contributed by atoms with van der Waals surface area (Å²) in [5.74, 6) is -0.0786. The minimum atomic E-state index is -0.333. The molecular formula is C18H19FN2O3. The number of hydrogen-bond donors (Lipinski definition) is 1. The van der Waals surface area contributed by atoms with Crippen LogP contribution in [0.3, 0.4) is 0 Å². The van der Waals surface area contributed by atoms with Crippen molar-refractivity contribution in [3.63, 3.8) is 0 Å². The average Bonchev–Trinajstić information content (AvgIpc) is 3.22. The van der Waals surface area contributed by atoms with Gasteiger partial charge >= 0.3 is 0 Å². The van der Waals surface area contributed by atoms with Crippen LogP contribution in [0.15, 0.2) is 47.1 Å². The maximum atomic E-state index is 12.9. The van der Waals surface area contributed by atoms with Crippen molar-refractivity contribution in [2.45, 2.75) is 19.4 Å². The summed E-state index contributed by atoms with van der Waals surface area (Å²) in [5, 5.41) is 2.79. The second kappa shape index (κ2) is 7.29. The normalized spacial score (nSPS) is 17.3. The SMILES string of the molecule is O=C(NCc1ccco1)C1CC(=O)N(CCc2ccc(F)cc2)C1. The van der Waals surface area contributed by atoms with Crippen LogP contribution in [0.25, 0.3) is 0 Å². The Bertz CT molecular complexity index is 698. The van der Waals surface area contributed by atoms with Gasteiger partial charge < -0.3 is 14.6 Å². The van der Waals surface area contributed by atoms with Crippen LogP contribution in [0.4, 0.5) is 4.39 Å². The van der Waals surface area contributed by atoms with Crippen molar-refractivity contribution in [2.75, 3.05) is 13.1 Å². The molecule has 1 atom stereocenters. The number of hydrogen-bond acceptors (Lipinski definition) is 3. The molecule has 0 aliphatic carbocycles. The van der Waals surface area contributed by atoms with Crippen LogP contribution in [0.1, 0.15) is 17.7 Å². The lowest BCUT2D eigenvalue weighted by molar-refractivity contribution is -0.129. The summed E-state index contributed by atoms with van der Waals surface area (Å²) in [5.41, 5.74) is 0.968. The number of carbonyl (C=O) groups is 2. The summed E-state index contributed by atoms with van der Waals surface area (Å²) in [6.45, 7) is 1.28. The highest BCUT2D eigenvalue weighted by Gasteiger charge is 2.33. The lowest BCUT2D eigenvalue weighted by Crippen LogP contribution is -2.33. The molecule has 24 heavy (non-hydrogen) atoms. The molecule has 5 nitrogen and oxygen atoms in total. The fourth-order valence-corrected chi connectivity index (χ4v) is 2.81. The van der Waals surface area contributed by atoms with Crippen molar-refractivity contribution in [1.29, 1.82) is 0 Å². The molecule has 1 aliphatic heterocycles. The van der Waals surface area contributed by atoms with Gasteiger partial charge in [-0.3, -0.25) is 9.59 Å². The monoisotopic (exact) mass is 330 g/mol. The van der Waals surface area contributed by atoms with Crippen LogP contribution in [0.2, 0.25) is 0 Å². The molecule has 2 heterocycles. The number of likely N-dealkylation sites (tertiary alicyclic amines) is 1. The lowest BCUT2D eigenvalue weighted by atomic mass is 10.1. The van der Waals surface area contributed by atoms with E-state index < -0.39 is 0 Å². The van der Waals surface area contributed by atoms with Gasteiger partial charge in [0.2, 0.25) is 11.8 Å². The van der Waals surface area contributed by atoms with Crippen LogP contribution in [0.5, 0.6) is 0 Å². The van der Waals surface area contributed by atoms with E-state index in [0.29, 0.717) is 31.8 Å². The first-order chi connectivity index (χ1) is 11.6. The summed E-state index contributed by atoms with van der Waals surface area (Å²) in [7, 11) is 0. The van der Waals surface area contributed by atoms with E-state index in [-0.39, 0.29) is 30.0 Å². The van der Waals surface area contributed by atoms with E-state index in [9.17, 15) is 14.0 Å². The summed E-state index contributed by atoms with van der Waals surface area (Å²) in [6, 6.07) is 9.79. The number of nitrogens with one attached hydrogen (secondary N) is 1. The van der Waals surface area contributed by atoms with Crippen LogP contribution in [-0.4, -0.2) is 29.8 Å². The Morgan fingerprint density at radius 3 is 2.79 bits per heavy atom. The summed E-state index contributed by atoms with van der Waals surface area (Å²) in [6.07, 6.45) is 2.43. The van der Waals surface area contributed by atoms with Gasteiger partial charge in [-0.05, 0) is 36.2 Å². The van der Waals surface area contributed by atoms with E-state index in [1.165, 1.54) is 12.1 Å². The number of halogens is 1.